The summed E-state index contributed by atoms with van der Waals surface area (Å²) in [5.74, 6) is 0. The first-order valence-electron chi connectivity index (χ1n) is 9.00. The number of rotatable bonds is 3. The third kappa shape index (κ3) is 3.19. The van der Waals surface area contributed by atoms with Gasteiger partial charge in [-0.1, -0.05) is 11.0 Å². The van der Waals surface area contributed by atoms with Crippen molar-refractivity contribution in [3.8, 4) is 6.19 Å². The van der Waals surface area contributed by atoms with E-state index in [2.05, 4.69) is 11.1 Å². The van der Waals surface area contributed by atoms with E-state index in [0.29, 0.717) is 26.2 Å². The molecule has 0 saturated carbocycles. The Balaban J connectivity index is 1.47. The van der Waals surface area contributed by atoms with Crippen molar-refractivity contribution in [1.29, 1.82) is 5.26 Å². The molecule has 1 atom stereocenters. The molecule has 3 aliphatic heterocycles. The first-order chi connectivity index (χ1) is 12.6. The van der Waals surface area contributed by atoms with E-state index >= 15 is 0 Å². The van der Waals surface area contributed by atoms with Gasteiger partial charge in [0.05, 0.1) is 31.5 Å². The number of nitriles is 1. The second kappa shape index (κ2) is 7.13. The Kier molecular flexibility index (Phi) is 4.86. The third-order valence-corrected chi connectivity index (χ3v) is 7.45. The summed E-state index contributed by atoms with van der Waals surface area (Å²) >= 11 is 0. The van der Waals surface area contributed by atoms with Crippen LogP contribution in [0, 0.1) is 11.5 Å². The number of hydrogen-bond acceptors (Lipinski definition) is 8. The summed E-state index contributed by atoms with van der Waals surface area (Å²) in [5, 5.41) is 9.04. The maximum Gasteiger partial charge on any atom is 0.179 e. The summed E-state index contributed by atoms with van der Waals surface area (Å²) < 4.78 is 30.6. The van der Waals surface area contributed by atoms with E-state index in [1.54, 1.807) is 13.5 Å². The normalized spacial score (nSPS) is 27.6. The quantitative estimate of drug-likeness (QED) is 0.769. The molecule has 0 spiro atoms. The van der Waals surface area contributed by atoms with E-state index in [1.165, 1.54) is 0 Å². The van der Waals surface area contributed by atoms with Gasteiger partial charge in [-0.2, -0.15) is 9.57 Å². The van der Waals surface area contributed by atoms with Crippen LogP contribution in [0.4, 0.5) is 11.4 Å². The van der Waals surface area contributed by atoms with Gasteiger partial charge in [0, 0.05) is 38.4 Å². The van der Waals surface area contributed by atoms with Crippen molar-refractivity contribution in [3.05, 3.63) is 24.3 Å². The number of morpholine rings is 1. The second-order valence-corrected chi connectivity index (χ2v) is 8.73. The molecular weight excluding hydrogens is 354 g/mol. The van der Waals surface area contributed by atoms with Gasteiger partial charge in [0.2, 0.25) is 0 Å². The Morgan fingerprint density at radius 3 is 2.35 bits per heavy atom. The third-order valence-electron chi connectivity index (χ3n) is 5.36. The van der Waals surface area contributed by atoms with Gasteiger partial charge >= 0.3 is 0 Å². The lowest BCUT2D eigenvalue weighted by Crippen LogP contribution is -2.38. The molecule has 0 unspecified atom stereocenters. The molecule has 26 heavy (non-hydrogen) atoms. The average molecular weight is 379 g/mol. The van der Waals surface area contributed by atoms with Crippen molar-refractivity contribution >= 4 is 22.3 Å². The average Bonchev–Trinajstić information content (AvgIpc) is 3.26. The van der Waals surface area contributed by atoms with E-state index in [9.17, 15) is 9.11 Å². The zero-order valence-corrected chi connectivity index (χ0v) is 15.5. The molecule has 2 N–H and O–H groups in total. The number of likely N-dealkylation sites (tertiary alicyclic amines) is 1. The van der Waals surface area contributed by atoms with Crippen LogP contribution in [-0.4, -0.2) is 76.8 Å². The lowest BCUT2D eigenvalue weighted by Gasteiger charge is -2.45. The van der Waals surface area contributed by atoms with E-state index in [4.69, 9.17) is 10.00 Å². The zero-order valence-electron chi connectivity index (χ0n) is 14.7. The minimum atomic E-state index is -3.04. The lowest BCUT2D eigenvalue weighted by atomic mass is 10.2. The molecule has 3 fully saturated rings. The van der Waals surface area contributed by atoms with Gasteiger partial charge in [-0.05, 0) is 30.7 Å². The predicted molar refractivity (Wildman–Crippen MR) is 102 cm³/mol. The van der Waals surface area contributed by atoms with Crippen LogP contribution in [0.2, 0.25) is 0 Å². The maximum absolute atomic E-state index is 10.9. The molecule has 1 aromatic rings. The Morgan fingerprint density at radius 1 is 1.00 bits per heavy atom. The molecule has 142 valence electrons. The first kappa shape index (κ1) is 17.7. The number of anilines is 2. The molecule has 3 saturated heterocycles. The van der Waals surface area contributed by atoms with Gasteiger partial charge in [-0.3, -0.25) is 13.4 Å². The van der Waals surface area contributed by atoms with Crippen molar-refractivity contribution in [3.63, 3.8) is 0 Å². The van der Waals surface area contributed by atoms with Crippen molar-refractivity contribution in [2.75, 3.05) is 61.7 Å². The highest BCUT2D eigenvalue weighted by molar-refractivity contribution is 8.23. The van der Waals surface area contributed by atoms with Crippen molar-refractivity contribution in [2.24, 2.45) is 0 Å². The topological polar surface area (TPSA) is 86.4 Å². The highest BCUT2D eigenvalue weighted by atomic mass is 32.3. The molecule has 0 bridgehead atoms. The molecule has 8 nitrogen and oxygen atoms in total. The van der Waals surface area contributed by atoms with Crippen LogP contribution in [0.25, 0.3) is 0 Å². The van der Waals surface area contributed by atoms with Gasteiger partial charge in [0.15, 0.2) is 6.19 Å². The minimum Gasteiger partial charge on any atom is -0.378 e. The summed E-state index contributed by atoms with van der Waals surface area (Å²) in [6, 6.07) is 7.99. The van der Waals surface area contributed by atoms with Crippen LogP contribution in [0.3, 0.4) is 0 Å². The lowest BCUT2D eigenvalue weighted by molar-refractivity contribution is 0.122. The van der Waals surface area contributed by atoms with Crippen LogP contribution < -0.4 is 9.21 Å². The number of nitrogens with zero attached hydrogens (tertiary/aromatic N) is 5. The van der Waals surface area contributed by atoms with Gasteiger partial charge in [-0.25, -0.2) is 0 Å². The summed E-state index contributed by atoms with van der Waals surface area (Å²) in [6.07, 6.45) is 2.94. The molecule has 3 aliphatic rings. The van der Waals surface area contributed by atoms with E-state index in [0.717, 1.165) is 44.1 Å². The standard InChI is InChI=1S/C17H25N5O3S/c18-14-19-6-5-17(13-19)22-8-7-21(26(22,23)24)16-3-1-15(2-4-16)20-9-11-25-12-10-20/h1-4,17,23-24H,5-13H2/t17-/m1/s1. The minimum absolute atomic E-state index is 0.0114. The monoisotopic (exact) mass is 379 g/mol. The first-order valence-corrected chi connectivity index (χ1v) is 10.5. The van der Waals surface area contributed by atoms with E-state index in [-0.39, 0.29) is 6.04 Å². The van der Waals surface area contributed by atoms with Crippen molar-refractivity contribution in [2.45, 2.75) is 12.5 Å². The molecule has 0 aromatic heterocycles. The van der Waals surface area contributed by atoms with E-state index in [1.807, 2.05) is 24.3 Å². The molecule has 0 aliphatic carbocycles. The number of hydrogen-bond donors (Lipinski definition) is 2. The largest absolute Gasteiger partial charge is 0.378 e. The van der Waals surface area contributed by atoms with Gasteiger partial charge in [0.25, 0.3) is 0 Å². The Bertz CT molecular complexity index is 674. The molecule has 1 aromatic carbocycles. The summed E-state index contributed by atoms with van der Waals surface area (Å²) in [7, 11) is -3.04. The molecule has 3 heterocycles. The molecular formula is C17H25N5O3S. The number of benzene rings is 1. The Labute approximate surface area is 155 Å². The zero-order chi connectivity index (χ0) is 18.1. The maximum atomic E-state index is 10.9. The van der Waals surface area contributed by atoms with Gasteiger partial charge in [-0.15, -0.1) is 0 Å². The van der Waals surface area contributed by atoms with Crippen LogP contribution in [0.1, 0.15) is 6.42 Å². The predicted octanol–water partition coefficient (Wildman–Crippen LogP) is 1.78. The van der Waals surface area contributed by atoms with E-state index < -0.39 is 11.0 Å². The fourth-order valence-electron chi connectivity index (χ4n) is 3.93. The summed E-state index contributed by atoms with van der Waals surface area (Å²) in [4.78, 5) is 3.95. The SMILES string of the molecule is N#CN1CC[C@@H](N2CCN(c3ccc(N4CCOCC4)cc3)S2(O)O)C1. The van der Waals surface area contributed by atoms with Crippen LogP contribution in [0.15, 0.2) is 24.3 Å². The van der Waals surface area contributed by atoms with Crippen LogP contribution >= 0.6 is 11.0 Å². The Morgan fingerprint density at radius 2 is 1.69 bits per heavy atom. The van der Waals surface area contributed by atoms with Gasteiger partial charge < -0.3 is 14.5 Å². The van der Waals surface area contributed by atoms with Crippen LogP contribution in [-0.2, 0) is 4.74 Å². The second-order valence-electron chi connectivity index (χ2n) is 6.84. The van der Waals surface area contributed by atoms with Crippen LogP contribution in [0.5, 0.6) is 0 Å². The molecule has 9 heteroatoms. The smallest absolute Gasteiger partial charge is 0.179 e. The fourth-order valence-corrected chi connectivity index (χ4v) is 5.82. The fraction of sp³-hybridized carbons (Fsp3) is 0.588. The summed E-state index contributed by atoms with van der Waals surface area (Å²) in [5.41, 5.74) is 1.95. The van der Waals surface area contributed by atoms with Crippen molar-refractivity contribution in [1.82, 2.24) is 9.21 Å². The summed E-state index contributed by atoms with van der Waals surface area (Å²) in [6.45, 7) is 5.65. The highest BCUT2D eigenvalue weighted by Gasteiger charge is 2.43. The van der Waals surface area contributed by atoms with Crippen molar-refractivity contribution < 1.29 is 13.8 Å². The van der Waals surface area contributed by atoms with Gasteiger partial charge in [0.1, 0.15) is 0 Å². The number of ether oxygens (including phenoxy) is 1. The molecule has 0 radical (unpaired) electrons. The molecule has 4 rings (SSSR count). The highest BCUT2D eigenvalue weighted by Crippen LogP contribution is 2.55. The Hall–Kier alpha value is -1.70. The molecule has 0 amide bonds.